The highest BCUT2D eigenvalue weighted by Crippen LogP contribution is 2.87. The van der Waals surface area contributed by atoms with Crippen LogP contribution >= 0.6 is 7.75 Å². The van der Waals surface area contributed by atoms with Crippen molar-refractivity contribution in [3.05, 3.63) is 69.6 Å². The van der Waals surface area contributed by atoms with Gasteiger partial charge in [0.2, 0.25) is 5.85 Å². The van der Waals surface area contributed by atoms with Crippen molar-refractivity contribution < 1.29 is 37.4 Å². The van der Waals surface area contributed by atoms with Crippen molar-refractivity contribution in [3.8, 4) is 5.75 Å². The normalized spacial score (nSPS) is 31.3. The molecule has 2 aromatic heterocycles. The lowest BCUT2D eigenvalue weighted by Crippen LogP contribution is -2.36. The van der Waals surface area contributed by atoms with Gasteiger partial charge >= 0.3 is 19.4 Å². The van der Waals surface area contributed by atoms with E-state index in [1.165, 1.54) is 19.3 Å². The van der Waals surface area contributed by atoms with Gasteiger partial charge in [0.05, 0.1) is 59.1 Å². The van der Waals surface area contributed by atoms with Gasteiger partial charge in [-0.15, -0.1) is 0 Å². The van der Waals surface area contributed by atoms with Crippen LogP contribution in [0.4, 0.5) is 4.39 Å². The lowest BCUT2D eigenvalue weighted by molar-refractivity contribution is -0.149. The quantitative estimate of drug-likeness (QED) is 0.137. The van der Waals surface area contributed by atoms with Crippen LogP contribution in [0.2, 0.25) is 0 Å². The minimum Gasteiger partial charge on any atom is -0.462 e. The highest BCUT2D eigenvalue weighted by atomic mass is 31.2. The topological polar surface area (TPSA) is 187 Å². The molecule has 2 aromatic carbocycles. The molecule has 7 rings (SSSR count). The van der Waals surface area contributed by atoms with Gasteiger partial charge in [-0.2, -0.15) is 5.09 Å². The minimum absolute atomic E-state index is 0.223. The van der Waals surface area contributed by atoms with E-state index in [4.69, 9.17) is 18.5 Å². The van der Waals surface area contributed by atoms with Crippen LogP contribution in [-0.2, 0) is 23.4 Å². The monoisotopic (exact) mass is 657 g/mol. The number of halogens is 1. The molecule has 244 valence electrons. The summed E-state index contributed by atoms with van der Waals surface area (Å²) in [7, 11) is -4.22. The van der Waals surface area contributed by atoms with Crippen LogP contribution in [0.3, 0.4) is 0 Å². The summed E-state index contributed by atoms with van der Waals surface area (Å²) in [6.45, 7) is 5.83. The molecule has 2 saturated carbocycles. The number of aromatic amines is 2. The number of esters is 1. The van der Waals surface area contributed by atoms with E-state index in [1.807, 2.05) is 0 Å². The summed E-state index contributed by atoms with van der Waals surface area (Å²) in [5.74, 6) is -3.99. The molecule has 3 aliphatic rings. The molecular weight excluding hydrogens is 624 g/mol. The van der Waals surface area contributed by atoms with Gasteiger partial charge in [-0.25, -0.2) is 18.7 Å². The van der Waals surface area contributed by atoms with E-state index < -0.39 is 78.5 Å². The largest absolute Gasteiger partial charge is 0.462 e. The maximum absolute atomic E-state index is 16.5. The summed E-state index contributed by atoms with van der Waals surface area (Å²) in [5, 5.41) is 13.6. The summed E-state index contributed by atoms with van der Waals surface area (Å²) in [6, 6.07) is 9.40. The number of benzene rings is 2. The Labute approximate surface area is 260 Å². The Balaban J connectivity index is 1.15. The first-order valence-electron chi connectivity index (χ1n) is 14.9. The van der Waals surface area contributed by atoms with Crippen LogP contribution in [0.1, 0.15) is 33.7 Å². The molecule has 1 saturated heterocycles. The van der Waals surface area contributed by atoms with Crippen LogP contribution in [0.15, 0.2) is 58.4 Å². The number of alkyl halides is 1. The fourth-order valence-electron chi connectivity index (χ4n) is 7.32. The second-order valence-corrected chi connectivity index (χ2v) is 14.3. The zero-order valence-corrected chi connectivity index (χ0v) is 26.2. The Hall–Kier alpha value is -3.88. The number of rotatable bonds is 11. The van der Waals surface area contributed by atoms with Crippen molar-refractivity contribution >= 4 is 35.7 Å². The SMILES string of the molecule is CC(C)OC(=O)[C@H](C)NP(=O)(OC[C@H]1C2(C)OC3(F)C([C@@H]3n3cnc4cc5c(=O)[nH]c(=O)[nH]c5cc43)C12CO)Oc1ccccc1. The van der Waals surface area contributed by atoms with E-state index >= 15 is 4.39 Å². The Kier molecular flexibility index (Phi) is 6.89. The van der Waals surface area contributed by atoms with Crippen LogP contribution in [0.25, 0.3) is 21.9 Å². The van der Waals surface area contributed by atoms with Crippen molar-refractivity contribution in [2.45, 2.75) is 57.3 Å². The Morgan fingerprint density at radius 3 is 2.65 bits per heavy atom. The van der Waals surface area contributed by atoms with Gasteiger partial charge in [-0.05, 0) is 52.0 Å². The third-order valence-electron chi connectivity index (χ3n) is 9.52. The summed E-state index contributed by atoms with van der Waals surface area (Å²) < 4.78 is 55.0. The van der Waals surface area contributed by atoms with E-state index in [9.17, 15) is 24.1 Å². The number of nitrogens with zero attached hydrogens (tertiary/aromatic N) is 2. The molecular formula is C30H33FN5O9P. The first-order valence-corrected chi connectivity index (χ1v) is 16.4. The number of fused-ring (bicyclic) bond motifs is 5. The first-order chi connectivity index (χ1) is 21.8. The molecule has 0 amide bonds. The first kappa shape index (κ1) is 30.8. The molecule has 3 fully saturated rings. The van der Waals surface area contributed by atoms with Crippen LogP contribution in [-0.4, -0.2) is 67.4 Å². The number of aliphatic hydroxyl groups is 1. The van der Waals surface area contributed by atoms with Crippen molar-refractivity contribution in [3.63, 3.8) is 0 Å². The van der Waals surface area contributed by atoms with E-state index in [0.717, 1.165) is 0 Å². The molecule has 0 bridgehead atoms. The number of carbonyl (C=O) groups excluding carboxylic acids is 1. The summed E-state index contributed by atoms with van der Waals surface area (Å²) in [6.07, 6.45) is 1.03. The highest BCUT2D eigenvalue weighted by Gasteiger charge is 2.97. The molecule has 3 heterocycles. The minimum atomic E-state index is -4.22. The Bertz CT molecular complexity index is 2030. The van der Waals surface area contributed by atoms with Crippen molar-refractivity contribution in [2.75, 3.05) is 13.2 Å². The summed E-state index contributed by atoms with van der Waals surface area (Å²) in [4.78, 5) is 45.8. The number of aromatic nitrogens is 4. The molecule has 16 heteroatoms. The van der Waals surface area contributed by atoms with Crippen LogP contribution < -0.4 is 20.9 Å². The number of carbonyl (C=O) groups is 1. The van der Waals surface area contributed by atoms with E-state index in [1.54, 1.807) is 61.7 Å². The maximum atomic E-state index is 16.5. The third kappa shape index (κ3) is 4.48. The number of H-pyrrole nitrogens is 2. The Morgan fingerprint density at radius 2 is 1.96 bits per heavy atom. The van der Waals surface area contributed by atoms with Gasteiger partial charge in [0.15, 0.2) is 0 Å². The second kappa shape index (κ2) is 10.3. The molecule has 5 unspecified atom stereocenters. The zero-order chi connectivity index (χ0) is 32.8. The number of nitrogens with one attached hydrogen (secondary N) is 3. The molecule has 46 heavy (non-hydrogen) atoms. The molecule has 0 radical (unpaired) electrons. The van der Waals surface area contributed by atoms with Gasteiger partial charge in [0.1, 0.15) is 17.8 Å². The molecule has 4 aromatic rings. The van der Waals surface area contributed by atoms with Gasteiger partial charge in [0, 0.05) is 11.3 Å². The lowest BCUT2D eigenvalue weighted by atomic mass is 9.95. The van der Waals surface area contributed by atoms with Crippen molar-refractivity contribution in [1.29, 1.82) is 0 Å². The molecule has 2 aliphatic carbocycles. The van der Waals surface area contributed by atoms with Crippen molar-refractivity contribution in [2.24, 2.45) is 17.3 Å². The van der Waals surface area contributed by atoms with E-state index in [0.29, 0.717) is 11.0 Å². The van der Waals surface area contributed by atoms with Gasteiger partial charge < -0.3 is 28.7 Å². The maximum Gasteiger partial charge on any atom is 0.459 e. The van der Waals surface area contributed by atoms with E-state index in [2.05, 4.69) is 20.0 Å². The van der Waals surface area contributed by atoms with Crippen LogP contribution in [0, 0.1) is 17.3 Å². The van der Waals surface area contributed by atoms with E-state index in [-0.39, 0.29) is 23.3 Å². The molecule has 4 N–H and O–H groups in total. The fourth-order valence-corrected chi connectivity index (χ4v) is 8.83. The molecule has 1 aliphatic heterocycles. The smallest absolute Gasteiger partial charge is 0.459 e. The van der Waals surface area contributed by atoms with Crippen molar-refractivity contribution in [1.82, 2.24) is 24.6 Å². The number of aliphatic hydroxyl groups excluding tert-OH is 1. The molecule has 8 atom stereocenters. The predicted molar refractivity (Wildman–Crippen MR) is 162 cm³/mol. The predicted octanol–water partition coefficient (Wildman–Crippen LogP) is 2.93. The number of hydrogen-bond acceptors (Lipinski definition) is 10. The molecule has 14 nitrogen and oxygen atoms in total. The fraction of sp³-hybridized carbons (Fsp3) is 0.467. The average molecular weight is 658 g/mol. The zero-order valence-electron chi connectivity index (χ0n) is 25.4. The number of hydrogen-bond donors (Lipinski definition) is 4. The second-order valence-electron chi connectivity index (χ2n) is 12.6. The summed E-state index contributed by atoms with van der Waals surface area (Å²) in [5.41, 5.74) is -2.38. The highest BCUT2D eigenvalue weighted by molar-refractivity contribution is 7.52. The number of imidazole rings is 1. The number of ether oxygens (including phenoxy) is 2. The van der Waals surface area contributed by atoms with Gasteiger partial charge in [-0.3, -0.25) is 19.1 Å². The standard InChI is InChI=1S/C30H33FN5O9P/c1-15(2)43-26(39)16(3)35-46(41,44-17-8-6-5-7-9-17)42-12-22-28(4)29(22,13-37)23-24(30(23,31)45-28)36-14-32-20-10-18-19(11-21(20)36)33-27(40)34-25(18)38/h5-11,14-16,22-24,37H,12-13H2,1-4H3,(H,35,41)(H2,33,34,38,40)/t16-,22-,23?,24-,28?,29?,30?,46?/m0/s1. The third-order valence-corrected chi connectivity index (χ3v) is 11.2. The Morgan fingerprint density at radius 1 is 1.22 bits per heavy atom. The van der Waals surface area contributed by atoms with Gasteiger partial charge in [-0.1, -0.05) is 18.2 Å². The summed E-state index contributed by atoms with van der Waals surface area (Å²) >= 11 is 0. The lowest BCUT2D eigenvalue weighted by Gasteiger charge is -2.24. The number of para-hydroxylation sites is 1. The molecule has 0 spiro atoms. The van der Waals surface area contributed by atoms with Gasteiger partial charge in [0.25, 0.3) is 5.56 Å². The average Bonchev–Trinajstić information content (AvgIpc) is 3.59. The van der Waals surface area contributed by atoms with Crippen LogP contribution in [0.5, 0.6) is 5.75 Å².